The Morgan fingerprint density at radius 3 is 2.85 bits per heavy atom. The molecule has 0 radical (unpaired) electrons. The highest BCUT2D eigenvalue weighted by molar-refractivity contribution is 5.88. The summed E-state index contributed by atoms with van der Waals surface area (Å²) in [6.07, 6.45) is 2.16. The van der Waals surface area contributed by atoms with Gasteiger partial charge in [0.1, 0.15) is 5.69 Å². The van der Waals surface area contributed by atoms with Crippen molar-refractivity contribution in [3.05, 3.63) is 22.5 Å². The minimum atomic E-state index is -0.848. The third-order valence-corrected chi connectivity index (χ3v) is 2.95. The lowest BCUT2D eigenvalue weighted by atomic mass is 10.1. The van der Waals surface area contributed by atoms with Crippen molar-refractivity contribution in [3.8, 4) is 0 Å². The van der Waals surface area contributed by atoms with Crippen LogP contribution < -0.4 is 0 Å². The molecule has 3 nitrogen and oxygen atoms in total. The second kappa shape index (κ2) is 2.62. The Kier molecular flexibility index (Phi) is 1.68. The molecule has 0 aliphatic heterocycles. The number of hydrogen-bond acceptors (Lipinski definition) is 1. The van der Waals surface area contributed by atoms with E-state index in [1.165, 1.54) is 5.56 Å². The van der Waals surface area contributed by atoms with Gasteiger partial charge in [0, 0.05) is 5.69 Å². The number of nitrogens with one attached hydrogen (secondary N) is 1. The molecule has 0 fully saturated rings. The van der Waals surface area contributed by atoms with Gasteiger partial charge < -0.3 is 10.1 Å². The zero-order valence-electron chi connectivity index (χ0n) is 7.85. The number of carboxylic acid groups (broad SMARTS) is 1. The lowest BCUT2D eigenvalue weighted by Gasteiger charge is -1.99. The molecule has 70 valence electrons. The molecule has 1 heterocycles. The lowest BCUT2D eigenvalue weighted by molar-refractivity contribution is 0.0690. The van der Waals surface area contributed by atoms with E-state index in [1.807, 2.05) is 6.92 Å². The zero-order chi connectivity index (χ0) is 9.59. The highest BCUT2D eigenvalue weighted by Gasteiger charge is 2.26. The van der Waals surface area contributed by atoms with Crippen LogP contribution in [0.15, 0.2) is 0 Å². The van der Waals surface area contributed by atoms with Crippen molar-refractivity contribution in [1.82, 2.24) is 4.98 Å². The van der Waals surface area contributed by atoms with E-state index in [1.54, 1.807) is 0 Å². The Balaban J connectivity index is 2.55. The van der Waals surface area contributed by atoms with Crippen LogP contribution in [0.5, 0.6) is 0 Å². The molecule has 2 N–H and O–H groups in total. The van der Waals surface area contributed by atoms with Gasteiger partial charge in [0.05, 0.1) is 0 Å². The van der Waals surface area contributed by atoms with Crippen LogP contribution in [0.2, 0.25) is 0 Å². The second-order valence-corrected chi connectivity index (χ2v) is 3.76. The Morgan fingerprint density at radius 2 is 2.31 bits per heavy atom. The fourth-order valence-corrected chi connectivity index (χ4v) is 2.12. The van der Waals surface area contributed by atoms with Gasteiger partial charge in [0.2, 0.25) is 0 Å². The summed E-state index contributed by atoms with van der Waals surface area (Å²) in [4.78, 5) is 13.8. The maximum Gasteiger partial charge on any atom is 0.352 e. The van der Waals surface area contributed by atoms with Crippen LogP contribution >= 0.6 is 0 Å². The van der Waals surface area contributed by atoms with Gasteiger partial charge in [-0.15, -0.1) is 0 Å². The Labute approximate surface area is 76.8 Å². The Bertz CT molecular complexity index is 365. The van der Waals surface area contributed by atoms with E-state index in [9.17, 15) is 4.79 Å². The SMILES string of the molecule is Cc1c(C(=O)O)[nH]c2c1CC[C@H]2C. The molecule has 0 saturated heterocycles. The highest BCUT2D eigenvalue weighted by atomic mass is 16.4. The second-order valence-electron chi connectivity index (χ2n) is 3.76. The number of aromatic nitrogens is 1. The molecule has 2 rings (SSSR count). The van der Waals surface area contributed by atoms with E-state index in [4.69, 9.17) is 5.11 Å². The Hall–Kier alpha value is -1.25. The summed E-state index contributed by atoms with van der Waals surface area (Å²) < 4.78 is 0. The van der Waals surface area contributed by atoms with Crippen LogP contribution in [0.4, 0.5) is 0 Å². The normalized spacial score (nSPS) is 20.3. The van der Waals surface area contributed by atoms with Gasteiger partial charge in [-0.2, -0.15) is 0 Å². The van der Waals surface area contributed by atoms with Crippen LogP contribution in [0.1, 0.15) is 46.6 Å². The van der Waals surface area contributed by atoms with Gasteiger partial charge in [-0.05, 0) is 36.8 Å². The molecule has 0 unspecified atom stereocenters. The molecule has 0 spiro atoms. The maximum absolute atomic E-state index is 10.8. The fraction of sp³-hybridized carbons (Fsp3) is 0.500. The monoisotopic (exact) mass is 179 g/mol. The zero-order valence-corrected chi connectivity index (χ0v) is 7.85. The summed E-state index contributed by atoms with van der Waals surface area (Å²) >= 11 is 0. The number of aromatic amines is 1. The number of carboxylic acids is 1. The topological polar surface area (TPSA) is 53.1 Å². The van der Waals surface area contributed by atoms with E-state index in [-0.39, 0.29) is 0 Å². The van der Waals surface area contributed by atoms with Crippen LogP contribution in [-0.2, 0) is 6.42 Å². The number of fused-ring (bicyclic) bond motifs is 1. The summed E-state index contributed by atoms with van der Waals surface area (Å²) in [5, 5.41) is 8.88. The van der Waals surface area contributed by atoms with Gasteiger partial charge in [-0.1, -0.05) is 6.92 Å². The minimum absolute atomic E-state index is 0.372. The third kappa shape index (κ3) is 1.07. The van der Waals surface area contributed by atoms with Crippen molar-refractivity contribution in [2.24, 2.45) is 0 Å². The molecular formula is C10H13NO2. The first-order chi connectivity index (χ1) is 6.11. The van der Waals surface area contributed by atoms with Crippen molar-refractivity contribution in [1.29, 1.82) is 0 Å². The highest BCUT2D eigenvalue weighted by Crippen LogP contribution is 2.35. The van der Waals surface area contributed by atoms with E-state index in [2.05, 4.69) is 11.9 Å². The summed E-state index contributed by atoms with van der Waals surface area (Å²) in [6, 6.07) is 0. The number of aromatic carboxylic acids is 1. The summed E-state index contributed by atoms with van der Waals surface area (Å²) in [7, 11) is 0. The molecule has 0 amide bonds. The van der Waals surface area contributed by atoms with Gasteiger partial charge in [-0.3, -0.25) is 0 Å². The molecule has 3 heteroatoms. The van der Waals surface area contributed by atoms with Gasteiger partial charge >= 0.3 is 5.97 Å². The van der Waals surface area contributed by atoms with E-state index >= 15 is 0 Å². The first kappa shape index (κ1) is 8.35. The molecule has 0 bridgehead atoms. The third-order valence-electron chi connectivity index (χ3n) is 2.95. The number of H-pyrrole nitrogens is 1. The van der Waals surface area contributed by atoms with Crippen LogP contribution in [0, 0.1) is 6.92 Å². The van der Waals surface area contributed by atoms with Gasteiger partial charge in [0.15, 0.2) is 0 Å². The Morgan fingerprint density at radius 1 is 1.62 bits per heavy atom. The molecule has 1 aromatic rings. The molecule has 0 saturated carbocycles. The predicted octanol–water partition coefficient (Wildman–Crippen LogP) is 2.07. The average molecular weight is 179 g/mol. The van der Waals surface area contributed by atoms with Gasteiger partial charge in [0.25, 0.3) is 0 Å². The lowest BCUT2D eigenvalue weighted by Crippen LogP contribution is -2.00. The fourth-order valence-electron chi connectivity index (χ4n) is 2.12. The van der Waals surface area contributed by atoms with E-state index in [0.717, 1.165) is 24.1 Å². The number of carbonyl (C=O) groups is 1. The van der Waals surface area contributed by atoms with Crippen LogP contribution in [0.25, 0.3) is 0 Å². The molecule has 0 aromatic carbocycles. The molecule has 1 aliphatic rings. The molecule has 13 heavy (non-hydrogen) atoms. The molecular weight excluding hydrogens is 166 g/mol. The van der Waals surface area contributed by atoms with Gasteiger partial charge in [-0.25, -0.2) is 4.79 Å². The average Bonchev–Trinajstić information content (AvgIpc) is 2.55. The minimum Gasteiger partial charge on any atom is -0.477 e. The summed E-state index contributed by atoms with van der Waals surface area (Å²) in [6.45, 7) is 4.02. The van der Waals surface area contributed by atoms with Crippen molar-refractivity contribution < 1.29 is 9.90 Å². The molecule has 1 aromatic heterocycles. The van der Waals surface area contributed by atoms with Crippen molar-refractivity contribution in [3.63, 3.8) is 0 Å². The number of rotatable bonds is 1. The van der Waals surface area contributed by atoms with E-state index < -0.39 is 5.97 Å². The first-order valence-corrected chi connectivity index (χ1v) is 4.56. The quantitative estimate of drug-likeness (QED) is 0.693. The van der Waals surface area contributed by atoms with Crippen molar-refractivity contribution in [2.45, 2.75) is 32.6 Å². The standard InChI is InChI=1S/C10H13NO2/c1-5-3-4-7-6(2)9(10(12)13)11-8(5)7/h5,11H,3-4H2,1-2H3,(H,12,13)/t5-/m1/s1. The smallest absolute Gasteiger partial charge is 0.352 e. The van der Waals surface area contributed by atoms with E-state index in [0.29, 0.717) is 11.6 Å². The molecule has 1 aliphatic carbocycles. The summed E-state index contributed by atoms with van der Waals surface area (Å²) in [5.74, 6) is -0.360. The molecule has 1 atom stereocenters. The van der Waals surface area contributed by atoms with Crippen LogP contribution in [-0.4, -0.2) is 16.1 Å². The summed E-state index contributed by atoms with van der Waals surface area (Å²) in [5.41, 5.74) is 3.66. The first-order valence-electron chi connectivity index (χ1n) is 4.56. The van der Waals surface area contributed by atoms with Crippen LogP contribution in [0.3, 0.4) is 0 Å². The van der Waals surface area contributed by atoms with Crippen molar-refractivity contribution in [2.75, 3.05) is 0 Å². The maximum atomic E-state index is 10.8. The van der Waals surface area contributed by atoms with Crippen molar-refractivity contribution >= 4 is 5.97 Å². The largest absolute Gasteiger partial charge is 0.477 e. The predicted molar refractivity (Wildman–Crippen MR) is 49.2 cm³/mol. The number of hydrogen-bond donors (Lipinski definition) is 2.